The van der Waals surface area contributed by atoms with Gasteiger partial charge in [0.2, 0.25) is 11.8 Å². The number of carbonyl (C=O) groups is 1. The van der Waals surface area contributed by atoms with Crippen molar-refractivity contribution in [2.45, 2.75) is 32.3 Å². The second kappa shape index (κ2) is 11.4. The zero-order chi connectivity index (χ0) is 23.9. The average molecular weight is 489 g/mol. The van der Waals surface area contributed by atoms with Crippen molar-refractivity contribution in [1.29, 1.82) is 0 Å². The van der Waals surface area contributed by atoms with E-state index in [1.165, 1.54) is 24.8 Å². The van der Waals surface area contributed by atoms with Crippen LogP contribution in [0, 0.1) is 6.92 Å². The van der Waals surface area contributed by atoms with Crippen molar-refractivity contribution in [2.75, 3.05) is 46.0 Å². The maximum absolute atomic E-state index is 12.2. The lowest BCUT2D eigenvalue weighted by molar-refractivity contribution is 0.0238. The molecule has 1 N–H and O–H groups in total. The van der Waals surface area contributed by atoms with Crippen molar-refractivity contribution < 1.29 is 28.5 Å². The topological polar surface area (TPSA) is 114 Å². The number of thiophene rings is 1. The highest BCUT2D eigenvalue weighted by Crippen LogP contribution is 2.37. The molecule has 1 aliphatic heterocycles. The Balaban J connectivity index is 1.64. The molecule has 34 heavy (non-hydrogen) atoms. The van der Waals surface area contributed by atoms with Gasteiger partial charge in [0.25, 0.3) is 0 Å². The predicted molar refractivity (Wildman–Crippen MR) is 127 cm³/mol. The molecule has 3 aromatic heterocycles. The Labute approximate surface area is 201 Å². The highest BCUT2D eigenvalue weighted by molar-refractivity contribution is 7.20. The second-order valence-corrected chi connectivity index (χ2v) is 8.70. The van der Waals surface area contributed by atoms with E-state index in [0.717, 1.165) is 30.2 Å². The molecule has 0 saturated carbocycles. The number of nitrogens with one attached hydrogen (secondary N) is 1. The van der Waals surface area contributed by atoms with Gasteiger partial charge in [-0.1, -0.05) is 0 Å². The first-order valence-electron chi connectivity index (χ1n) is 11.1. The van der Waals surface area contributed by atoms with Crippen LogP contribution in [0.3, 0.4) is 0 Å². The zero-order valence-corrected chi connectivity index (χ0v) is 20.3. The van der Waals surface area contributed by atoms with Gasteiger partial charge in [0.15, 0.2) is 0 Å². The van der Waals surface area contributed by atoms with Gasteiger partial charge in [0.05, 0.1) is 32.3 Å². The molecule has 182 valence electrons. The van der Waals surface area contributed by atoms with Gasteiger partial charge in [-0.15, -0.1) is 11.3 Å². The lowest BCUT2D eigenvalue weighted by Crippen LogP contribution is -2.26. The van der Waals surface area contributed by atoms with Crippen LogP contribution in [0.5, 0.6) is 11.8 Å². The van der Waals surface area contributed by atoms with E-state index in [4.69, 9.17) is 23.7 Å². The van der Waals surface area contributed by atoms with Gasteiger partial charge in [0, 0.05) is 39.0 Å². The summed E-state index contributed by atoms with van der Waals surface area (Å²) in [4.78, 5) is 26.7. The van der Waals surface area contributed by atoms with Crippen LogP contribution in [-0.2, 0) is 14.2 Å². The van der Waals surface area contributed by atoms with E-state index in [1.54, 1.807) is 13.2 Å². The number of rotatable bonds is 10. The summed E-state index contributed by atoms with van der Waals surface area (Å²) < 4.78 is 27.5. The van der Waals surface area contributed by atoms with E-state index in [1.807, 2.05) is 13.0 Å². The summed E-state index contributed by atoms with van der Waals surface area (Å²) in [6.45, 7) is 4.26. The number of carbonyl (C=O) groups excluding carboxylic acids is 1. The number of ether oxygens (including phenoxy) is 5. The molecular weight excluding hydrogens is 460 g/mol. The molecule has 0 bridgehead atoms. The molecule has 10 nitrogen and oxygen atoms in total. The second-order valence-electron chi connectivity index (χ2n) is 7.70. The van der Waals surface area contributed by atoms with Gasteiger partial charge in [-0.3, -0.25) is 0 Å². The van der Waals surface area contributed by atoms with Crippen molar-refractivity contribution in [3.05, 3.63) is 28.9 Å². The summed E-state index contributed by atoms with van der Waals surface area (Å²) >= 11 is 1.27. The Bertz CT molecular complexity index is 1130. The van der Waals surface area contributed by atoms with E-state index in [2.05, 4.69) is 20.3 Å². The fourth-order valence-corrected chi connectivity index (χ4v) is 4.67. The number of nitrogens with zero attached hydrogens (tertiary/aromatic N) is 3. The Morgan fingerprint density at radius 1 is 1.21 bits per heavy atom. The molecule has 0 aromatic carbocycles. The minimum atomic E-state index is -0.397. The zero-order valence-electron chi connectivity index (χ0n) is 19.5. The minimum Gasteiger partial charge on any atom is -0.477 e. The molecule has 3 aromatic rings. The summed E-state index contributed by atoms with van der Waals surface area (Å²) in [6.07, 6.45) is 3.77. The third kappa shape index (κ3) is 5.54. The Kier molecular flexibility index (Phi) is 8.09. The number of aromatic nitrogens is 3. The average Bonchev–Trinajstić information content (AvgIpc) is 3.20. The van der Waals surface area contributed by atoms with Crippen LogP contribution < -0.4 is 14.8 Å². The van der Waals surface area contributed by atoms with Crippen LogP contribution in [0.15, 0.2) is 18.5 Å². The fraction of sp³-hybridized carbons (Fsp3) is 0.478. The number of pyridine rings is 1. The van der Waals surface area contributed by atoms with Crippen molar-refractivity contribution in [3.8, 4) is 11.8 Å². The van der Waals surface area contributed by atoms with Crippen molar-refractivity contribution >= 4 is 39.0 Å². The van der Waals surface area contributed by atoms with Crippen LogP contribution in [0.25, 0.3) is 10.2 Å². The van der Waals surface area contributed by atoms with E-state index in [0.29, 0.717) is 59.4 Å². The Morgan fingerprint density at radius 3 is 2.79 bits per heavy atom. The number of esters is 1. The van der Waals surface area contributed by atoms with Gasteiger partial charge in [0.1, 0.15) is 33.6 Å². The molecule has 11 heteroatoms. The number of hydrogen-bond donors (Lipinski definition) is 1. The third-order valence-corrected chi connectivity index (χ3v) is 6.55. The first kappa shape index (κ1) is 24.1. The van der Waals surface area contributed by atoms with E-state index >= 15 is 0 Å². The number of fused-ring (bicyclic) bond motifs is 1. The standard InChI is InChI=1S/C23H28N4O6S/c1-14-18-20(24-13-25-22(18)34-19(14)23(28)30-3)26-16-5-6-17(32-10-4-9-29-2)27-21(16)33-15-7-11-31-12-8-15/h5-6,13,15H,4,7-12H2,1-3H3,(H,24,25,26). The quantitative estimate of drug-likeness (QED) is 0.333. The van der Waals surface area contributed by atoms with E-state index < -0.39 is 5.97 Å². The van der Waals surface area contributed by atoms with Crippen molar-refractivity contribution in [1.82, 2.24) is 15.0 Å². The molecule has 1 fully saturated rings. The summed E-state index contributed by atoms with van der Waals surface area (Å²) in [5.41, 5.74) is 1.40. The molecule has 0 amide bonds. The number of anilines is 2. The molecule has 4 heterocycles. The molecular formula is C23H28N4O6S. The summed E-state index contributed by atoms with van der Waals surface area (Å²) in [6, 6.07) is 3.63. The summed E-state index contributed by atoms with van der Waals surface area (Å²) in [7, 11) is 3.02. The SMILES string of the molecule is COCCCOc1ccc(Nc2ncnc3sc(C(=O)OC)c(C)c23)c(OC2CCOCC2)n1. The van der Waals surface area contributed by atoms with Crippen LogP contribution >= 0.6 is 11.3 Å². The van der Waals surface area contributed by atoms with Gasteiger partial charge in [-0.25, -0.2) is 14.8 Å². The molecule has 0 aliphatic carbocycles. The Hall–Kier alpha value is -3.02. The number of hydrogen-bond acceptors (Lipinski definition) is 11. The van der Waals surface area contributed by atoms with Gasteiger partial charge < -0.3 is 29.0 Å². The smallest absolute Gasteiger partial charge is 0.348 e. The molecule has 0 radical (unpaired) electrons. The predicted octanol–water partition coefficient (Wildman–Crippen LogP) is 3.90. The van der Waals surface area contributed by atoms with Gasteiger partial charge >= 0.3 is 5.97 Å². The normalized spacial score (nSPS) is 14.2. The van der Waals surface area contributed by atoms with Crippen LogP contribution in [0.2, 0.25) is 0 Å². The van der Waals surface area contributed by atoms with Gasteiger partial charge in [-0.05, 0) is 18.6 Å². The fourth-order valence-electron chi connectivity index (χ4n) is 3.60. The Morgan fingerprint density at radius 2 is 2.03 bits per heavy atom. The number of aryl methyl sites for hydroxylation is 1. The molecule has 0 spiro atoms. The lowest BCUT2D eigenvalue weighted by Gasteiger charge is -2.24. The van der Waals surface area contributed by atoms with Crippen LogP contribution in [0.4, 0.5) is 11.5 Å². The molecule has 1 aliphatic rings. The van der Waals surface area contributed by atoms with E-state index in [-0.39, 0.29) is 6.10 Å². The maximum Gasteiger partial charge on any atom is 0.348 e. The molecule has 4 rings (SSSR count). The molecule has 1 saturated heterocycles. The minimum absolute atomic E-state index is 0.00947. The first-order chi connectivity index (χ1) is 16.6. The number of methoxy groups -OCH3 is 2. The van der Waals surface area contributed by atoms with Crippen molar-refractivity contribution in [2.24, 2.45) is 0 Å². The lowest BCUT2D eigenvalue weighted by atomic mass is 10.1. The molecule has 0 atom stereocenters. The van der Waals surface area contributed by atoms with E-state index in [9.17, 15) is 4.79 Å². The summed E-state index contributed by atoms with van der Waals surface area (Å²) in [5, 5.41) is 4.08. The third-order valence-electron chi connectivity index (χ3n) is 5.37. The van der Waals surface area contributed by atoms with Crippen LogP contribution in [0.1, 0.15) is 34.5 Å². The maximum atomic E-state index is 12.2. The van der Waals surface area contributed by atoms with Crippen LogP contribution in [-0.4, -0.2) is 67.7 Å². The van der Waals surface area contributed by atoms with Gasteiger partial charge in [-0.2, -0.15) is 4.98 Å². The first-order valence-corrected chi connectivity index (χ1v) is 11.9. The molecule has 0 unspecified atom stereocenters. The van der Waals surface area contributed by atoms with Crippen molar-refractivity contribution in [3.63, 3.8) is 0 Å². The highest BCUT2D eigenvalue weighted by atomic mass is 32.1. The highest BCUT2D eigenvalue weighted by Gasteiger charge is 2.22. The summed E-state index contributed by atoms with van der Waals surface area (Å²) in [5.74, 6) is 1.05. The monoisotopic (exact) mass is 488 g/mol. The largest absolute Gasteiger partial charge is 0.477 e.